The molecule has 7 amide bonds. The van der Waals surface area contributed by atoms with Crippen LogP contribution in [0.15, 0.2) is 11.6 Å². The molecule has 3 saturated carbocycles. The summed E-state index contributed by atoms with van der Waals surface area (Å²) in [6, 6.07) is -4.97. The lowest BCUT2D eigenvalue weighted by atomic mass is 9.47. The smallest absolute Gasteiger partial charge is 0.410 e. The summed E-state index contributed by atoms with van der Waals surface area (Å²) in [6.45, 7) is 21.9. The first-order chi connectivity index (χ1) is 35.8. The molecular formula is C59H95N7O10. The van der Waals surface area contributed by atoms with Crippen molar-refractivity contribution >= 4 is 47.5 Å². The zero-order valence-electron chi connectivity index (χ0n) is 47.8. The number of allylic oxidation sites excluding steroid dienone is 1. The fraction of sp³-hybridized carbons (Fsp3) is 0.831. The van der Waals surface area contributed by atoms with E-state index in [9.17, 15) is 38.4 Å². The van der Waals surface area contributed by atoms with E-state index in [2.05, 4.69) is 56.6 Å². The summed E-state index contributed by atoms with van der Waals surface area (Å²) < 4.78 is 11.6. The van der Waals surface area contributed by atoms with E-state index in [1.54, 1.807) is 20.8 Å². The predicted molar refractivity (Wildman–Crippen MR) is 288 cm³/mol. The van der Waals surface area contributed by atoms with Gasteiger partial charge in [0.25, 0.3) is 0 Å². The van der Waals surface area contributed by atoms with Crippen LogP contribution in [0.4, 0.5) is 4.79 Å². The number of fused-ring (bicyclic) bond motifs is 5. The summed E-state index contributed by atoms with van der Waals surface area (Å²) in [6.07, 6.45) is 15.7. The molecule has 3 saturated heterocycles. The Balaban J connectivity index is 0.922. The lowest BCUT2D eigenvalue weighted by Crippen LogP contribution is -2.59. The highest BCUT2D eigenvalue weighted by Crippen LogP contribution is 2.67. The van der Waals surface area contributed by atoms with Crippen molar-refractivity contribution in [2.75, 3.05) is 26.2 Å². The first-order valence-electron chi connectivity index (χ1n) is 29.5. The van der Waals surface area contributed by atoms with E-state index in [4.69, 9.17) is 15.2 Å². The van der Waals surface area contributed by atoms with Crippen LogP contribution >= 0.6 is 0 Å². The maximum atomic E-state index is 14.4. The number of hydrogen-bond donors (Lipinski definition) is 4. The molecule has 7 rings (SSSR count). The Bertz CT molecular complexity index is 2190. The van der Waals surface area contributed by atoms with E-state index in [-0.39, 0.29) is 62.2 Å². The first kappa shape index (κ1) is 59.0. The van der Waals surface area contributed by atoms with Crippen molar-refractivity contribution in [3.63, 3.8) is 0 Å². The zero-order valence-corrected chi connectivity index (χ0v) is 47.8. The van der Waals surface area contributed by atoms with Crippen LogP contribution in [0.2, 0.25) is 0 Å². The van der Waals surface area contributed by atoms with Gasteiger partial charge in [0.15, 0.2) is 0 Å². The van der Waals surface area contributed by atoms with Gasteiger partial charge >= 0.3 is 12.1 Å². The van der Waals surface area contributed by atoms with Gasteiger partial charge in [0.2, 0.25) is 35.4 Å². The summed E-state index contributed by atoms with van der Waals surface area (Å²) >= 11 is 0. The Kier molecular flexibility index (Phi) is 19.0. The molecule has 13 atom stereocenters. The van der Waals surface area contributed by atoms with E-state index >= 15 is 0 Å². The SMILES string of the molecule is CC(C)CC[C@@H](C)[C@H]1CC[C@H]2[C@@H]3CC=C4C[C@H](OC(=O)CNC(=O)[C@@H]5CCCN5C(=O)[C@H](CC(C)C)NC(=O)[C@H](CCC(N)=O)NC(=O)[C@@H]5CCCN5C(=O)[C@@H]5CCCN5C(=O)OC(C)(C)C)CC[C@]4(C)[C@H]3CC[C@]12C. The quantitative estimate of drug-likeness (QED) is 0.0744. The molecular weight excluding hydrogens is 967 g/mol. The minimum atomic E-state index is -1.28. The molecule has 3 aliphatic heterocycles. The average Bonchev–Trinajstić information content (AvgIpc) is 4.19. The Morgan fingerprint density at radius 2 is 1.38 bits per heavy atom. The molecule has 0 bridgehead atoms. The van der Waals surface area contributed by atoms with Crippen molar-refractivity contribution in [1.82, 2.24) is 30.7 Å². The minimum Gasteiger partial charge on any atom is -0.461 e. The van der Waals surface area contributed by atoms with Crippen LogP contribution in [-0.2, 0) is 43.0 Å². The Morgan fingerprint density at radius 3 is 2.04 bits per heavy atom. The number of hydrogen-bond acceptors (Lipinski definition) is 10. The molecule has 5 N–H and O–H groups in total. The molecule has 3 heterocycles. The molecule has 0 aromatic rings. The van der Waals surface area contributed by atoms with Crippen LogP contribution in [0.5, 0.6) is 0 Å². The summed E-state index contributed by atoms with van der Waals surface area (Å²) in [7, 11) is 0. The third-order valence-corrected chi connectivity index (χ3v) is 19.2. The van der Waals surface area contributed by atoms with Crippen molar-refractivity contribution in [3.8, 4) is 0 Å². The number of nitrogens with two attached hydrogens (primary N) is 1. The van der Waals surface area contributed by atoms with E-state index < -0.39 is 77.4 Å². The van der Waals surface area contributed by atoms with Crippen LogP contribution in [-0.4, -0.2) is 130 Å². The number of carbonyl (C=O) groups is 8. The average molecular weight is 1060 g/mol. The molecule has 17 nitrogen and oxygen atoms in total. The van der Waals surface area contributed by atoms with Crippen molar-refractivity contribution < 1.29 is 47.8 Å². The standard InChI is InChI=1S/C59H95N7O10/c1-35(2)17-18-37(5)41-21-22-42-40-20-19-38-33-39(25-27-58(38,9)43(40)26-28-59(41,42)10)75-50(68)34-61-52(70)46-14-11-29-64(46)54(72)45(32-36(3)4)63-51(69)44(23-24-49(60)67)62-53(71)47-15-12-30-65(47)55(73)48-16-13-31-66(48)56(74)76-57(6,7)8/h19,35-37,39-48H,11-18,20-34H2,1-10H3,(H2,60,67)(H,61,70)(H,62,71)(H,63,69)/t37-,39-,40+,41-,42+,43+,44+,45+,46+,47+,48+,58+,59-/m1/s1. The third kappa shape index (κ3) is 13.4. The fourth-order valence-electron chi connectivity index (χ4n) is 15.4. The predicted octanol–water partition coefficient (Wildman–Crippen LogP) is 7.33. The van der Waals surface area contributed by atoms with Crippen molar-refractivity contribution in [1.29, 1.82) is 0 Å². The molecule has 4 aliphatic carbocycles. The number of primary amides is 1. The van der Waals surface area contributed by atoms with Gasteiger partial charge in [0, 0.05) is 32.5 Å². The molecule has 0 aromatic carbocycles. The highest BCUT2D eigenvalue weighted by atomic mass is 16.6. The van der Waals surface area contributed by atoms with Crippen LogP contribution in [0, 0.1) is 52.3 Å². The van der Waals surface area contributed by atoms with Crippen molar-refractivity contribution in [3.05, 3.63) is 11.6 Å². The van der Waals surface area contributed by atoms with E-state index in [0.29, 0.717) is 68.7 Å². The molecule has 0 unspecified atom stereocenters. The van der Waals surface area contributed by atoms with Gasteiger partial charge in [-0.25, -0.2) is 4.79 Å². The fourth-order valence-corrected chi connectivity index (χ4v) is 15.4. The number of amides is 7. The Hall–Kier alpha value is -4.70. The van der Waals surface area contributed by atoms with Crippen LogP contribution < -0.4 is 21.7 Å². The van der Waals surface area contributed by atoms with Gasteiger partial charge in [-0.15, -0.1) is 0 Å². The third-order valence-electron chi connectivity index (χ3n) is 19.2. The molecule has 6 fully saturated rings. The second-order valence-corrected chi connectivity index (χ2v) is 26.5. The highest BCUT2D eigenvalue weighted by Gasteiger charge is 2.59. The van der Waals surface area contributed by atoms with Gasteiger partial charge < -0.3 is 41.0 Å². The number of likely N-dealkylation sites (tertiary alicyclic amines) is 3. The normalized spacial score (nSPS) is 31.4. The summed E-state index contributed by atoms with van der Waals surface area (Å²) in [5.41, 5.74) is 6.70. The van der Waals surface area contributed by atoms with Gasteiger partial charge in [-0.05, 0) is 169 Å². The number of nitrogens with one attached hydrogen (secondary N) is 3. The zero-order chi connectivity index (χ0) is 55.4. The first-order valence-corrected chi connectivity index (χ1v) is 29.5. The monoisotopic (exact) mass is 1060 g/mol. The second kappa shape index (κ2) is 24.5. The summed E-state index contributed by atoms with van der Waals surface area (Å²) in [4.78, 5) is 113. The molecule has 0 radical (unpaired) electrons. The van der Waals surface area contributed by atoms with Crippen LogP contribution in [0.1, 0.15) is 191 Å². The number of ether oxygens (including phenoxy) is 2. The summed E-state index contributed by atoms with van der Waals surface area (Å²) in [5, 5.41) is 8.34. The van der Waals surface area contributed by atoms with Crippen molar-refractivity contribution in [2.45, 2.75) is 233 Å². The van der Waals surface area contributed by atoms with Gasteiger partial charge in [-0.3, -0.25) is 38.5 Å². The van der Waals surface area contributed by atoms with E-state index in [1.165, 1.54) is 58.8 Å². The molecule has 17 heteroatoms. The number of esters is 1. The highest BCUT2D eigenvalue weighted by molar-refractivity contribution is 5.97. The van der Waals surface area contributed by atoms with Crippen LogP contribution in [0.25, 0.3) is 0 Å². The lowest BCUT2D eigenvalue weighted by Gasteiger charge is -2.58. The molecule has 76 heavy (non-hydrogen) atoms. The van der Waals surface area contributed by atoms with E-state index in [1.807, 2.05) is 13.8 Å². The molecule has 0 spiro atoms. The Morgan fingerprint density at radius 1 is 0.724 bits per heavy atom. The van der Waals surface area contributed by atoms with Gasteiger partial charge in [0.1, 0.15) is 48.5 Å². The maximum absolute atomic E-state index is 14.4. The maximum Gasteiger partial charge on any atom is 0.410 e. The topological polar surface area (TPSA) is 227 Å². The molecule has 0 aromatic heterocycles. The molecule has 426 valence electrons. The lowest BCUT2D eigenvalue weighted by molar-refractivity contribution is -0.152. The molecule has 7 aliphatic rings. The Labute approximate surface area is 453 Å². The van der Waals surface area contributed by atoms with Crippen molar-refractivity contribution in [2.24, 2.45) is 58.0 Å². The van der Waals surface area contributed by atoms with Gasteiger partial charge in [0.05, 0.1) is 0 Å². The number of rotatable bonds is 19. The minimum absolute atomic E-state index is 0.0679. The van der Waals surface area contributed by atoms with Gasteiger partial charge in [-0.1, -0.05) is 73.0 Å². The number of nitrogens with zero attached hydrogens (tertiary/aromatic N) is 3. The van der Waals surface area contributed by atoms with Gasteiger partial charge in [-0.2, -0.15) is 0 Å². The summed E-state index contributed by atoms with van der Waals surface area (Å²) in [5.74, 6) is 0.539. The number of carbonyl (C=O) groups excluding carboxylic acids is 8. The second-order valence-electron chi connectivity index (χ2n) is 26.5. The van der Waals surface area contributed by atoms with Crippen LogP contribution in [0.3, 0.4) is 0 Å². The van der Waals surface area contributed by atoms with E-state index in [0.717, 1.165) is 42.9 Å². The largest absolute Gasteiger partial charge is 0.461 e.